The number of nitrogens with one attached hydrogen (secondary N) is 3. The van der Waals surface area contributed by atoms with Crippen LogP contribution in [0.2, 0.25) is 10.0 Å². The van der Waals surface area contributed by atoms with Gasteiger partial charge in [-0.1, -0.05) is 46.6 Å². The summed E-state index contributed by atoms with van der Waals surface area (Å²) in [6.07, 6.45) is 5.62. The molecule has 7 rings (SSSR count). The van der Waals surface area contributed by atoms with Gasteiger partial charge in [-0.05, 0) is 44.4 Å². The third-order valence-electron chi connectivity index (χ3n) is 11.4. The second-order valence-electron chi connectivity index (χ2n) is 16.1. The Morgan fingerprint density at radius 3 is 2.18 bits per heavy atom. The van der Waals surface area contributed by atoms with E-state index in [1.54, 1.807) is 41.2 Å². The number of ether oxygens (including phenoxy) is 5. The van der Waals surface area contributed by atoms with Crippen LogP contribution in [0.5, 0.6) is 0 Å². The number of piperidine rings is 2. The smallest absolute Gasteiger partial charge is 0.264 e. The van der Waals surface area contributed by atoms with Gasteiger partial charge in [0, 0.05) is 55.6 Å². The second-order valence-corrected chi connectivity index (χ2v) is 16.9. The van der Waals surface area contributed by atoms with Crippen LogP contribution in [0, 0.1) is 0 Å². The van der Waals surface area contributed by atoms with E-state index in [0.29, 0.717) is 119 Å². The van der Waals surface area contributed by atoms with Crippen LogP contribution in [0.4, 0.5) is 17.3 Å². The van der Waals surface area contributed by atoms with Crippen molar-refractivity contribution in [2.24, 2.45) is 0 Å². The first-order chi connectivity index (χ1) is 32.0. The molecule has 0 bridgehead atoms. The number of aromatic nitrogens is 5. The monoisotopic (exact) mass is 951 g/mol. The number of nitrogen functional groups attached to an aromatic ring is 1. The molecule has 2 aromatic heterocycles. The highest BCUT2D eigenvalue weighted by Gasteiger charge is 2.45. The molecule has 2 fully saturated rings. The van der Waals surface area contributed by atoms with Crippen LogP contribution >= 0.6 is 23.2 Å². The summed E-state index contributed by atoms with van der Waals surface area (Å²) >= 11 is 12.6. The highest BCUT2D eigenvalue weighted by molar-refractivity contribution is 6.43. The van der Waals surface area contributed by atoms with Crippen molar-refractivity contribution in [3.05, 3.63) is 75.7 Å². The molecule has 0 radical (unpaired) electrons. The fraction of sp³-hybridized carbons (Fsp3) is 0.500. The minimum Gasteiger partial charge on any atom is -0.382 e. The van der Waals surface area contributed by atoms with Gasteiger partial charge in [-0.25, -0.2) is 14.6 Å². The molecular formula is C44H55Cl2N11O9. The topological polar surface area (TPSA) is 240 Å². The summed E-state index contributed by atoms with van der Waals surface area (Å²) in [5.74, 6) is -1.15. The van der Waals surface area contributed by atoms with Crippen LogP contribution in [0.1, 0.15) is 59.0 Å². The largest absolute Gasteiger partial charge is 0.382 e. The minimum atomic E-state index is -1.02. The SMILES string of the molecule is CC1(NCc2cn(CCOCCOCCOCCOCCOCCNc3cccc4c3C(=O)N(C3CCC(=O)NC3=O)C4=O)nn2)CCN(c2cnc(-c3cccc(Cl)c3Cl)c(N)n2)CC1. The van der Waals surface area contributed by atoms with E-state index in [9.17, 15) is 19.2 Å². The summed E-state index contributed by atoms with van der Waals surface area (Å²) in [5, 5.41) is 18.4. The van der Waals surface area contributed by atoms with Crippen molar-refractivity contribution in [1.29, 1.82) is 0 Å². The zero-order valence-electron chi connectivity index (χ0n) is 36.8. The molecule has 20 nitrogen and oxygen atoms in total. The van der Waals surface area contributed by atoms with Gasteiger partial charge in [-0.2, -0.15) is 0 Å². The Labute approximate surface area is 392 Å². The van der Waals surface area contributed by atoms with Crippen LogP contribution in [-0.4, -0.2) is 151 Å². The number of fused-ring (bicyclic) bond motifs is 1. The highest BCUT2D eigenvalue weighted by atomic mass is 35.5. The van der Waals surface area contributed by atoms with Crippen molar-refractivity contribution in [2.75, 3.05) is 102 Å². The van der Waals surface area contributed by atoms with Crippen molar-refractivity contribution >= 4 is 64.2 Å². The maximum atomic E-state index is 13.2. The molecule has 5 heterocycles. The normalized spacial score (nSPS) is 17.1. The summed E-state index contributed by atoms with van der Waals surface area (Å²) in [7, 11) is 0. The van der Waals surface area contributed by atoms with E-state index in [1.807, 2.05) is 12.3 Å². The van der Waals surface area contributed by atoms with Gasteiger partial charge < -0.3 is 45.0 Å². The summed E-state index contributed by atoms with van der Waals surface area (Å²) < 4.78 is 29.8. The molecule has 0 spiro atoms. The zero-order chi connectivity index (χ0) is 46.5. The predicted molar refractivity (Wildman–Crippen MR) is 244 cm³/mol. The maximum Gasteiger partial charge on any atom is 0.264 e. The number of rotatable bonds is 25. The third-order valence-corrected chi connectivity index (χ3v) is 12.3. The molecule has 1 unspecified atom stereocenters. The predicted octanol–water partition coefficient (Wildman–Crippen LogP) is 3.37. The molecule has 3 aliphatic heterocycles. The number of carbonyl (C=O) groups excluding carboxylic acids is 4. The van der Waals surface area contributed by atoms with Crippen molar-refractivity contribution in [2.45, 2.75) is 57.3 Å². The van der Waals surface area contributed by atoms with Gasteiger partial charge in [0.05, 0.1) is 106 Å². The first-order valence-corrected chi connectivity index (χ1v) is 22.7. The number of anilines is 3. The number of benzene rings is 2. The average Bonchev–Trinajstić information content (AvgIpc) is 3.87. The van der Waals surface area contributed by atoms with Gasteiger partial charge in [-0.3, -0.25) is 29.4 Å². The fourth-order valence-corrected chi connectivity index (χ4v) is 8.13. The van der Waals surface area contributed by atoms with Crippen molar-refractivity contribution in [3.8, 4) is 11.3 Å². The number of amides is 4. The quantitative estimate of drug-likeness (QED) is 0.0550. The van der Waals surface area contributed by atoms with E-state index in [2.05, 4.69) is 48.1 Å². The molecule has 5 N–H and O–H groups in total. The molecule has 66 heavy (non-hydrogen) atoms. The number of nitrogens with zero attached hydrogens (tertiary/aromatic N) is 7. The van der Waals surface area contributed by atoms with Crippen molar-refractivity contribution < 1.29 is 42.9 Å². The van der Waals surface area contributed by atoms with Gasteiger partial charge in [0.2, 0.25) is 11.8 Å². The first kappa shape index (κ1) is 48.6. The van der Waals surface area contributed by atoms with Crippen molar-refractivity contribution in [1.82, 2.24) is 40.5 Å². The summed E-state index contributed by atoms with van der Waals surface area (Å²) in [6, 6.07) is 9.25. The first-order valence-electron chi connectivity index (χ1n) is 21.9. The number of halogens is 2. The number of imide groups is 2. The van der Waals surface area contributed by atoms with E-state index < -0.39 is 29.7 Å². The molecular weight excluding hydrogens is 897 g/mol. The Kier molecular flexibility index (Phi) is 17.2. The molecule has 4 amide bonds. The molecule has 2 aromatic carbocycles. The van der Waals surface area contributed by atoms with Gasteiger partial charge >= 0.3 is 0 Å². The van der Waals surface area contributed by atoms with E-state index in [1.165, 1.54) is 0 Å². The van der Waals surface area contributed by atoms with E-state index >= 15 is 0 Å². The number of hydrogen-bond donors (Lipinski definition) is 4. The number of nitrogens with two attached hydrogens (primary N) is 1. The van der Waals surface area contributed by atoms with Crippen molar-refractivity contribution in [3.63, 3.8) is 0 Å². The minimum absolute atomic E-state index is 0.0612. The van der Waals surface area contributed by atoms with Crippen LogP contribution in [-0.2, 0) is 46.4 Å². The van der Waals surface area contributed by atoms with E-state index in [0.717, 1.165) is 42.3 Å². The Balaban J connectivity index is 0.660. The molecule has 22 heteroatoms. The van der Waals surface area contributed by atoms with E-state index in [4.69, 9.17) is 52.6 Å². The second kappa shape index (κ2) is 23.4. The lowest BCUT2D eigenvalue weighted by Gasteiger charge is -2.40. The zero-order valence-corrected chi connectivity index (χ0v) is 38.3. The van der Waals surface area contributed by atoms with Crippen LogP contribution in [0.15, 0.2) is 48.8 Å². The van der Waals surface area contributed by atoms with E-state index in [-0.39, 0.29) is 29.5 Å². The third kappa shape index (κ3) is 12.6. The Morgan fingerprint density at radius 1 is 0.848 bits per heavy atom. The molecule has 1 atom stereocenters. The summed E-state index contributed by atoms with van der Waals surface area (Å²) in [6.45, 7) is 9.50. The van der Waals surface area contributed by atoms with Gasteiger partial charge in [0.15, 0.2) is 5.82 Å². The molecule has 0 aliphatic carbocycles. The molecule has 354 valence electrons. The average molecular weight is 953 g/mol. The molecule has 4 aromatic rings. The summed E-state index contributed by atoms with van der Waals surface area (Å²) in [4.78, 5) is 62.5. The lowest BCUT2D eigenvalue weighted by atomic mass is 9.89. The Morgan fingerprint density at radius 2 is 1.50 bits per heavy atom. The number of hydrogen-bond acceptors (Lipinski definition) is 17. The lowest BCUT2D eigenvalue weighted by molar-refractivity contribution is -0.136. The molecule has 3 aliphatic rings. The fourth-order valence-electron chi connectivity index (χ4n) is 7.74. The molecule has 2 saturated heterocycles. The van der Waals surface area contributed by atoms with Gasteiger partial charge in [0.25, 0.3) is 11.8 Å². The Bertz CT molecular complexity index is 2330. The Hall–Kier alpha value is -5.32. The van der Waals surface area contributed by atoms with Crippen LogP contribution in [0.3, 0.4) is 0 Å². The van der Waals surface area contributed by atoms with Crippen LogP contribution < -0.4 is 26.6 Å². The van der Waals surface area contributed by atoms with Crippen LogP contribution in [0.25, 0.3) is 11.3 Å². The molecule has 0 saturated carbocycles. The number of carbonyl (C=O) groups is 4. The highest BCUT2D eigenvalue weighted by Crippen LogP contribution is 2.36. The van der Waals surface area contributed by atoms with Gasteiger partial charge in [-0.15, -0.1) is 5.10 Å². The van der Waals surface area contributed by atoms with Gasteiger partial charge in [0.1, 0.15) is 17.6 Å². The lowest BCUT2D eigenvalue weighted by Crippen LogP contribution is -2.54. The summed E-state index contributed by atoms with van der Waals surface area (Å²) in [5.41, 5.74) is 9.14. The standard InChI is InChI=1S/C44H55Cl2N11O9/c1-44(10-13-55(14-11-44)35-27-49-39(40(47)51-35)31-5-2-6-32(45)38(31)46)50-26-29-28-56(54-53-29)15-17-63-19-21-65-23-25-66-24-22-64-20-18-62-16-12-48-33-7-3-4-30-37(33)43(61)57(42(30)60)34-8-9-36(58)52-41(34)59/h2-7,27-28,34,48,50H,8-26H2,1H3,(H2,47,51)(H,52,58,59). The maximum absolute atomic E-state index is 13.2.